The third-order valence-electron chi connectivity index (χ3n) is 2.12. The van der Waals surface area contributed by atoms with Gasteiger partial charge < -0.3 is 14.5 Å². The number of furan rings is 1. The quantitative estimate of drug-likeness (QED) is 0.839. The fourth-order valence-electron chi connectivity index (χ4n) is 1.25. The highest BCUT2D eigenvalue weighted by molar-refractivity contribution is 5.16. The van der Waals surface area contributed by atoms with Crippen LogP contribution in [0.15, 0.2) is 16.7 Å². The highest BCUT2D eigenvalue weighted by Crippen LogP contribution is 2.13. The number of halogens is 2. The van der Waals surface area contributed by atoms with E-state index in [-0.39, 0.29) is 12.1 Å². The van der Waals surface area contributed by atoms with Gasteiger partial charge in [0, 0.05) is 17.6 Å². The zero-order valence-corrected chi connectivity index (χ0v) is 10.4. The van der Waals surface area contributed by atoms with Crippen LogP contribution in [0.25, 0.3) is 0 Å². The van der Waals surface area contributed by atoms with E-state index in [9.17, 15) is 8.78 Å². The van der Waals surface area contributed by atoms with Crippen LogP contribution >= 0.6 is 0 Å². The molecule has 0 unspecified atom stereocenters. The Morgan fingerprint density at radius 1 is 1.41 bits per heavy atom. The van der Waals surface area contributed by atoms with E-state index in [1.165, 1.54) is 0 Å². The van der Waals surface area contributed by atoms with Crippen LogP contribution in [0.3, 0.4) is 0 Å². The molecule has 0 aromatic carbocycles. The Bertz CT molecular complexity index is 331. The average Bonchev–Trinajstić information content (AvgIpc) is 2.61. The second-order valence-electron chi connectivity index (χ2n) is 4.88. The molecule has 1 aromatic heterocycles. The first-order chi connectivity index (χ1) is 7.88. The lowest BCUT2D eigenvalue weighted by atomic mass is 10.1. The minimum Gasteiger partial charge on any atom is -0.467 e. The maximum absolute atomic E-state index is 11.9. The molecule has 0 aliphatic carbocycles. The zero-order chi connectivity index (χ0) is 12.9. The first-order valence-corrected chi connectivity index (χ1v) is 5.54. The van der Waals surface area contributed by atoms with Crippen molar-refractivity contribution in [3.8, 4) is 0 Å². The number of hydrogen-bond acceptors (Lipinski definition) is 3. The number of rotatable bonds is 6. The fraction of sp³-hybridized carbons (Fsp3) is 0.667. The molecule has 1 aromatic rings. The summed E-state index contributed by atoms with van der Waals surface area (Å²) in [7, 11) is 0. The van der Waals surface area contributed by atoms with Gasteiger partial charge in [0.15, 0.2) is 0 Å². The summed E-state index contributed by atoms with van der Waals surface area (Å²) in [6.07, 6.45) is -0.901. The normalized spacial score (nSPS) is 12.4. The minimum absolute atomic E-state index is 0.00162. The smallest absolute Gasteiger partial charge is 0.261 e. The molecular formula is C12H19F2NO2. The lowest BCUT2D eigenvalue weighted by Gasteiger charge is -2.20. The Labute approximate surface area is 100 Å². The maximum Gasteiger partial charge on any atom is 0.261 e. The van der Waals surface area contributed by atoms with Crippen molar-refractivity contribution >= 4 is 0 Å². The highest BCUT2D eigenvalue weighted by Gasteiger charge is 2.12. The molecule has 1 N–H and O–H groups in total. The Kier molecular flexibility index (Phi) is 5.08. The van der Waals surface area contributed by atoms with Crippen LogP contribution in [0, 0.1) is 0 Å². The van der Waals surface area contributed by atoms with E-state index >= 15 is 0 Å². The summed E-state index contributed by atoms with van der Waals surface area (Å²) in [5.74, 6) is 0.599. The zero-order valence-electron chi connectivity index (χ0n) is 10.4. The van der Waals surface area contributed by atoms with Gasteiger partial charge in [0.1, 0.15) is 19.0 Å². The molecule has 0 aliphatic heterocycles. The van der Waals surface area contributed by atoms with Gasteiger partial charge in [-0.05, 0) is 26.8 Å². The Morgan fingerprint density at radius 3 is 2.71 bits per heavy atom. The van der Waals surface area contributed by atoms with Gasteiger partial charge in [-0.2, -0.15) is 0 Å². The van der Waals surface area contributed by atoms with Gasteiger partial charge in [-0.1, -0.05) is 0 Å². The van der Waals surface area contributed by atoms with Crippen molar-refractivity contribution in [3.05, 3.63) is 23.7 Å². The molecule has 0 atom stereocenters. The largest absolute Gasteiger partial charge is 0.467 e. The molecule has 0 bridgehead atoms. The molecule has 17 heavy (non-hydrogen) atoms. The number of alkyl halides is 2. The minimum atomic E-state index is -2.44. The van der Waals surface area contributed by atoms with Crippen molar-refractivity contribution in [2.45, 2.75) is 45.9 Å². The van der Waals surface area contributed by atoms with Gasteiger partial charge in [-0.15, -0.1) is 0 Å². The summed E-state index contributed by atoms with van der Waals surface area (Å²) in [4.78, 5) is 0. The summed E-state index contributed by atoms with van der Waals surface area (Å²) < 4.78 is 33.8. The van der Waals surface area contributed by atoms with Crippen LogP contribution in [-0.2, 0) is 17.9 Å². The van der Waals surface area contributed by atoms with Gasteiger partial charge in [0.2, 0.25) is 0 Å². The molecule has 98 valence electrons. The van der Waals surface area contributed by atoms with E-state index in [1.54, 1.807) is 6.26 Å². The summed E-state index contributed by atoms with van der Waals surface area (Å²) >= 11 is 0. The molecule has 0 amide bonds. The number of ether oxygens (including phenoxy) is 1. The van der Waals surface area contributed by atoms with E-state index in [2.05, 4.69) is 26.1 Å². The maximum atomic E-state index is 11.9. The van der Waals surface area contributed by atoms with E-state index in [4.69, 9.17) is 9.15 Å². The van der Waals surface area contributed by atoms with Crippen LogP contribution in [0.5, 0.6) is 0 Å². The Morgan fingerprint density at radius 2 is 2.12 bits per heavy atom. The predicted octanol–water partition coefficient (Wildman–Crippen LogP) is 2.95. The number of hydrogen-bond donors (Lipinski definition) is 1. The summed E-state index contributed by atoms with van der Waals surface area (Å²) in [6, 6.07) is 1.82. The standard InChI is InChI=1S/C12H19F2NO2/c1-12(2,3)15-6-9-4-5-17-10(9)7-16-8-11(13)14/h4-5,11,15H,6-8H2,1-3H3. The van der Waals surface area contributed by atoms with Crippen LogP contribution in [0.1, 0.15) is 32.1 Å². The van der Waals surface area contributed by atoms with Gasteiger partial charge >= 0.3 is 0 Å². The topological polar surface area (TPSA) is 34.4 Å². The third kappa shape index (κ3) is 5.79. The molecule has 5 heteroatoms. The Hall–Kier alpha value is -0.940. The second-order valence-corrected chi connectivity index (χ2v) is 4.88. The van der Waals surface area contributed by atoms with Crippen LogP contribution in [0.4, 0.5) is 8.78 Å². The molecule has 1 heterocycles. The lowest BCUT2D eigenvalue weighted by molar-refractivity contribution is 0.00419. The molecule has 0 aliphatic rings. The molecule has 3 nitrogen and oxygen atoms in total. The monoisotopic (exact) mass is 247 g/mol. The van der Waals surface area contributed by atoms with Crippen molar-refractivity contribution in [2.24, 2.45) is 0 Å². The molecular weight excluding hydrogens is 228 g/mol. The lowest BCUT2D eigenvalue weighted by Crippen LogP contribution is -2.35. The fourth-order valence-corrected chi connectivity index (χ4v) is 1.25. The van der Waals surface area contributed by atoms with E-state index in [1.807, 2.05) is 6.07 Å². The van der Waals surface area contributed by atoms with Gasteiger partial charge in [0.05, 0.1) is 6.26 Å². The van der Waals surface area contributed by atoms with Gasteiger partial charge in [0.25, 0.3) is 6.43 Å². The van der Waals surface area contributed by atoms with E-state index in [0.29, 0.717) is 12.3 Å². The van der Waals surface area contributed by atoms with Crippen LogP contribution in [-0.4, -0.2) is 18.6 Å². The predicted molar refractivity (Wildman–Crippen MR) is 61.0 cm³/mol. The molecule has 0 radical (unpaired) electrons. The summed E-state index contributed by atoms with van der Waals surface area (Å²) in [5, 5.41) is 3.30. The van der Waals surface area contributed by atoms with Gasteiger partial charge in [-0.3, -0.25) is 0 Å². The molecule has 0 saturated carbocycles. The first-order valence-electron chi connectivity index (χ1n) is 5.54. The van der Waals surface area contributed by atoms with Crippen molar-refractivity contribution in [1.29, 1.82) is 0 Å². The molecule has 1 rings (SSSR count). The van der Waals surface area contributed by atoms with Crippen molar-refractivity contribution in [2.75, 3.05) is 6.61 Å². The highest BCUT2D eigenvalue weighted by atomic mass is 19.3. The molecule has 0 fully saturated rings. The molecule has 0 saturated heterocycles. The average molecular weight is 247 g/mol. The second kappa shape index (κ2) is 6.12. The van der Waals surface area contributed by atoms with Crippen molar-refractivity contribution in [1.82, 2.24) is 5.32 Å². The number of nitrogens with one attached hydrogen (secondary N) is 1. The Balaban J connectivity index is 2.43. The summed E-state index contributed by atoms with van der Waals surface area (Å²) in [6.45, 7) is 6.32. The van der Waals surface area contributed by atoms with Crippen LogP contribution in [0.2, 0.25) is 0 Å². The van der Waals surface area contributed by atoms with Crippen LogP contribution < -0.4 is 5.32 Å². The molecule has 0 spiro atoms. The SMILES string of the molecule is CC(C)(C)NCc1ccoc1COCC(F)F. The van der Waals surface area contributed by atoms with E-state index in [0.717, 1.165) is 5.56 Å². The third-order valence-corrected chi connectivity index (χ3v) is 2.12. The van der Waals surface area contributed by atoms with Crippen molar-refractivity contribution in [3.63, 3.8) is 0 Å². The summed E-state index contributed by atoms with van der Waals surface area (Å²) in [5.41, 5.74) is 0.937. The van der Waals surface area contributed by atoms with Crippen molar-refractivity contribution < 1.29 is 17.9 Å². The van der Waals surface area contributed by atoms with Gasteiger partial charge in [-0.25, -0.2) is 8.78 Å². The first kappa shape index (κ1) is 14.1. The van der Waals surface area contributed by atoms with E-state index < -0.39 is 13.0 Å².